The molecule has 0 radical (unpaired) electrons. The van der Waals surface area contributed by atoms with E-state index in [4.69, 9.17) is 10.8 Å². The van der Waals surface area contributed by atoms with E-state index in [0.29, 0.717) is 0 Å². The van der Waals surface area contributed by atoms with Gasteiger partial charge in [-0.15, -0.1) is 12.4 Å². The van der Waals surface area contributed by atoms with E-state index in [2.05, 4.69) is 0 Å². The van der Waals surface area contributed by atoms with Crippen molar-refractivity contribution in [2.45, 2.75) is 6.04 Å². The molecule has 0 heterocycles. The molecule has 0 saturated heterocycles. The zero-order chi connectivity index (χ0) is 10.0. The van der Waals surface area contributed by atoms with Crippen LogP contribution in [0.1, 0.15) is 11.6 Å². The Kier molecular flexibility index (Phi) is 4.90. The summed E-state index contributed by atoms with van der Waals surface area (Å²) in [5.74, 6) is -4.15. The van der Waals surface area contributed by atoms with Crippen molar-refractivity contribution < 1.29 is 18.3 Å². The van der Waals surface area contributed by atoms with E-state index in [1.165, 1.54) is 0 Å². The lowest BCUT2D eigenvalue weighted by molar-refractivity contribution is 0.267. The van der Waals surface area contributed by atoms with Gasteiger partial charge in [0.05, 0.1) is 12.6 Å². The first kappa shape index (κ1) is 13.2. The number of halogens is 4. The van der Waals surface area contributed by atoms with E-state index in [9.17, 15) is 13.2 Å². The molecule has 1 atom stereocenters. The normalized spacial score (nSPS) is 12.1. The zero-order valence-electron chi connectivity index (χ0n) is 7.01. The van der Waals surface area contributed by atoms with Gasteiger partial charge in [-0.25, -0.2) is 13.2 Å². The van der Waals surface area contributed by atoms with Gasteiger partial charge in [0.2, 0.25) is 0 Å². The summed E-state index contributed by atoms with van der Waals surface area (Å²) in [4.78, 5) is 0. The molecule has 0 aliphatic heterocycles. The molecule has 0 saturated carbocycles. The number of hydrogen-bond donors (Lipinski definition) is 2. The summed E-state index contributed by atoms with van der Waals surface area (Å²) in [5.41, 5.74) is 5.30. The van der Waals surface area contributed by atoms with Crippen LogP contribution >= 0.6 is 12.4 Å². The number of aliphatic hydroxyl groups is 1. The lowest BCUT2D eigenvalue weighted by Crippen LogP contribution is -2.15. The molecule has 14 heavy (non-hydrogen) atoms. The molecule has 2 nitrogen and oxygen atoms in total. The molecule has 0 amide bonds. The van der Waals surface area contributed by atoms with Crippen LogP contribution in [0, 0.1) is 17.5 Å². The lowest BCUT2D eigenvalue weighted by atomic mass is 10.1. The molecular formula is C8H9ClF3NO. The molecule has 0 fully saturated rings. The molecule has 6 heteroatoms. The molecule has 0 bridgehead atoms. The fourth-order valence-corrected chi connectivity index (χ4v) is 0.895. The van der Waals surface area contributed by atoms with Crippen molar-refractivity contribution in [3.8, 4) is 0 Å². The number of hydrogen-bond acceptors (Lipinski definition) is 2. The second-order valence-electron chi connectivity index (χ2n) is 2.59. The van der Waals surface area contributed by atoms with Crippen LogP contribution < -0.4 is 5.73 Å². The second-order valence-corrected chi connectivity index (χ2v) is 2.59. The number of rotatable bonds is 2. The highest BCUT2D eigenvalue weighted by Crippen LogP contribution is 2.17. The minimum atomic E-state index is -1.53. The van der Waals surface area contributed by atoms with E-state index in [0.717, 1.165) is 12.1 Å². The van der Waals surface area contributed by atoms with E-state index in [1.807, 2.05) is 0 Å². The van der Waals surface area contributed by atoms with Gasteiger partial charge in [0.1, 0.15) is 0 Å². The summed E-state index contributed by atoms with van der Waals surface area (Å²) >= 11 is 0. The van der Waals surface area contributed by atoms with Crippen molar-refractivity contribution in [3.05, 3.63) is 35.1 Å². The van der Waals surface area contributed by atoms with Gasteiger partial charge in [-0.05, 0) is 17.7 Å². The van der Waals surface area contributed by atoms with Gasteiger partial charge in [0.25, 0.3) is 0 Å². The topological polar surface area (TPSA) is 46.2 Å². The maximum Gasteiger partial charge on any atom is 0.194 e. The molecule has 0 aliphatic carbocycles. The van der Waals surface area contributed by atoms with Gasteiger partial charge in [-0.3, -0.25) is 0 Å². The minimum Gasteiger partial charge on any atom is -0.394 e. The summed E-state index contributed by atoms with van der Waals surface area (Å²) in [6, 6.07) is 0.628. The molecule has 0 spiro atoms. The highest BCUT2D eigenvalue weighted by molar-refractivity contribution is 5.85. The van der Waals surface area contributed by atoms with Crippen LogP contribution in [0.4, 0.5) is 13.2 Å². The molecule has 3 N–H and O–H groups in total. The monoisotopic (exact) mass is 227 g/mol. The fraction of sp³-hybridized carbons (Fsp3) is 0.250. The lowest BCUT2D eigenvalue weighted by Gasteiger charge is -2.08. The Bertz CT molecular complexity index is 298. The SMILES string of the molecule is Cl.N[C@H](CO)c1cc(F)c(F)c(F)c1. The smallest absolute Gasteiger partial charge is 0.194 e. The van der Waals surface area contributed by atoms with Gasteiger partial charge in [0, 0.05) is 0 Å². The predicted molar refractivity (Wildman–Crippen MR) is 47.6 cm³/mol. The third-order valence-corrected chi connectivity index (χ3v) is 1.63. The maximum atomic E-state index is 12.6. The van der Waals surface area contributed by atoms with Crippen LogP contribution in [-0.2, 0) is 0 Å². The Labute approximate surface area is 84.9 Å². The standard InChI is InChI=1S/C8H8F3NO.ClH/c9-5-1-4(7(12)3-13)2-6(10)8(5)11;/h1-2,7,13H,3,12H2;1H/t7-;/m1./s1. The first-order valence-corrected chi connectivity index (χ1v) is 3.57. The third kappa shape index (κ3) is 2.60. The van der Waals surface area contributed by atoms with Gasteiger partial charge < -0.3 is 10.8 Å². The third-order valence-electron chi connectivity index (χ3n) is 1.63. The summed E-state index contributed by atoms with van der Waals surface area (Å²) < 4.78 is 37.6. The molecular weight excluding hydrogens is 219 g/mol. The Hall–Kier alpha value is -0.780. The van der Waals surface area contributed by atoms with Gasteiger partial charge >= 0.3 is 0 Å². The van der Waals surface area contributed by atoms with Gasteiger partial charge in [-0.2, -0.15) is 0 Å². The average Bonchev–Trinajstić information content (AvgIpc) is 2.12. The second kappa shape index (κ2) is 5.19. The van der Waals surface area contributed by atoms with Crippen molar-refractivity contribution in [2.75, 3.05) is 6.61 Å². The van der Waals surface area contributed by atoms with E-state index >= 15 is 0 Å². The van der Waals surface area contributed by atoms with E-state index < -0.39 is 30.1 Å². The van der Waals surface area contributed by atoms with E-state index in [-0.39, 0.29) is 18.0 Å². The number of benzene rings is 1. The summed E-state index contributed by atoms with van der Waals surface area (Å²) in [7, 11) is 0. The maximum absolute atomic E-state index is 12.6. The average molecular weight is 228 g/mol. The first-order valence-electron chi connectivity index (χ1n) is 3.57. The first-order chi connectivity index (χ1) is 6.06. The quantitative estimate of drug-likeness (QED) is 0.753. The van der Waals surface area contributed by atoms with Crippen molar-refractivity contribution in [2.24, 2.45) is 5.73 Å². The number of aliphatic hydroxyl groups excluding tert-OH is 1. The summed E-state index contributed by atoms with van der Waals surface area (Å²) in [6.07, 6.45) is 0. The summed E-state index contributed by atoms with van der Waals surface area (Å²) in [5, 5.41) is 8.58. The van der Waals surface area contributed by atoms with E-state index in [1.54, 1.807) is 0 Å². The van der Waals surface area contributed by atoms with Crippen molar-refractivity contribution in [1.29, 1.82) is 0 Å². The highest BCUT2D eigenvalue weighted by atomic mass is 35.5. The highest BCUT2D eigenvalue weighted by Gasteiger charge is 2.13. The van der Waals surface area contributed by atoms with Crippen molar-refractivity contribution in [1.82, 2.24) is 0 Å². The van der Waals surface area contributed by atoms with Crippen LogP contribution in [0.25, 0.3) is 0 Å². The molecule has 0 aromatic heterocycles. The Morgan fingerprint density at radius 1 is 1.21 bits per heavy atom. The van der Waals surface area contributed by atoms with Crippen LogP contribution in [-0.4, -0.2) is 11.7 Å². The van der Waals surface area contributed by atoms with Crippen LogP contribution in [0.5, 0.6) is 0 Å². The molecule has 0 aliphatic rings. The van der Waals surface area contributed by atoms with Crippen molar-refractivity contribution in [3.63, 3.8) is 0 Å². The molecule has 0 unspecified atom stereocenters. The Morgan fingerprint density at radius 2 is 1.64 bits per heavy atom. The molecule has 80 valence electrons. The molecule has 1 aromatic rings. The largest absolute Gasteiger partial charge is 0.394 e. The van der Waals surface area contributed by atoms with Gasteiger partial charge in [0.15, 0.2) is 17.5 Å². The Balaban J connectivity index is 0.00000169. The van der Waals surface area contributed by atoms with Crippen LogP contribution in [0.15, 0.2) is 12.1 Å². The predicted octanol–water partition coefficient (Wildman–Crippen LogP) is 1.52. The molecule has 1 aromatic carbocycles. The Morgan fingerprint density at radius 3 is 2.00 bits per heavy atom. The number of nitrogens with two attached hydrogens (primary N) is 1. The van der Waals surface area contributed by atoms with Crippen LogP contribution in [0.3, 0.4) is 0 Å². The van der Waals surface area contributed by atoms with Crippen molar-refractivity contribution >= 4 is 12.4 Å². The zero-order valence-corrected chi connectivity index (χ0v) is 7.82. The minimum absolute atomic E-state index is 0. The van der Waals surface area contributed by atoms with Crippen LogP contribution in [0.2, 0.25) is 0 Å². The summed E-state index contributed by atoms with van der Waals surface area (Å²) in [6.45, 7) is -0.454. The molecule has 1 rings (SSSR count). The van der Waals surface area contributed by atoms with Gasteiger partial charge in [-0.1, -0.05) is 0 Å². The fourth-order valence-electron chi connectivity index (χ4n) is 0.895.